The van der Waals surface area contributed by atoms with Crippen LogP contribution in [-0.4, -0.2) is 9.55 Å². The van der Waals surface area contributed by atoms with E-state index in [1.54, 1.807) is 0 Å². The molecule has 0 bridgehead atoms. The van der Waals surface area contributed by atoms with E-state index < -0.39 is 0 Å². The van der Waals surface area contributed by atoms with Crippen molar-refractivity contribution >= 4 is 71.9 Å². The van der Waals surface area contributed by atoms with Crippen LogP contribution in [0.3, 0.4) is 0 Å². The van der Waals surface area contributed by atoms with Gasteiger partial charge in [0.05, 0.1) is 16.7 Å². The van der Waals surface area contributed by atoms with Crippen LogP contribution in [0.25, 0.3) is 94.2 Å². The van der Waals surface area contributed by atoms with Crippen LogP contribution in [-0.2, 0) is 0 Å². The number of furan rings is 1. The number of hydrogen-bond donors (Lipinski definition) is 0. The van der Waals surface area contributed by atoms with Gasteiger partial charge in [0, 0.05) is 50.2 Å². The van der Waals surface area contributed by atoms with Gasteiger partial charge < -0.3 is 18.3 Å². The van der Waals surface area contributed by atoms with E-state index in [1.165, 1.54) is 21.9 Å². The lowest BCUT2D eigenvalue weighted by Gasteiger charge is -2.28. The van der Waals surface area contributed by atoms with Crippen LogP contribution in [0.1, 0.15) is 0 Å². The molecule has 12 rings (SSSR count). The standard InChI is InChI=1S/C55H35N3O2/c1-4-14-36(15-5-1)39-18-12-21-43(32-39)57(50-25-13-23-45-44-22-10-11-24-49(44)58(54(45)50)41-19-8-3-9-20-41)42-29-26-37(27-30-42)40-28-31-51-46(33-40)47-34-48-53(35-52(47)59-51)60-55(56-48)38-16-6-2-7-17-38/h1-35H. The number of oxazole rings is 1. The Balaban J connectivity index is 1.00. The summed E-state index contributed by atoms with van der Waals surface area (Å²) in [5.41, 5.74) is 15.2. The van der Waals surface area contributed by atoms with Crippen molar-refractivity contribution in [3.8, 4) is 39.4 Å². The molecule has 0 aliphatic rings. The SMILES string of the molecule is c1ccc(-c2cccc(N(c3ccc(-c4ccc5oc6cc7oc(-c8ccccc8)nc7cc6c5c4)cc3)c3cccc4c5ccccc5n(-c5ccccc5)c34)c2)cc1. The van der Waals surface area contributed by atoms with Gasteiger partial charge in [0.1, 0.15) is 16.7 Å². The van der Waals surface area contributed by atoms with Gasteiger partial charge in [-0.05, 0) is 101 Å². The highest BCUT2D eigenvalue weighted by Crippen LogP contribution is 2.45. The van der Waals surface area contributed by atoms with Gasteiger partial charge in [0.25, 0.3) is 0 Å². The zero-order chi connectivity index (χ0) is 39.6. The summed E-state index contributed by atoms with van der Waals surface area (Å²) in [7, 11) is 0. The van der Waals surface area contributed by atoms with Crippen LogP contribution < -0.4 is 4.90 Å². The highest BCUT2D eigenvalue weighted by atomic mass is 16.4. The predicted molar refractivity (Wildman–Crippen MR) is 247 cm³/mol. The monoisotopic (exact) mass is 769 g/mol. The first-order valence-corrected chi connectivity index (χ1v) is 20.2. The lowest BCUT2D eigenvalue weighted by Crippen LogP contribution is -2.11. The molecule has 0 unspecified atom stereocenters. The quantitative estimate of drug-likeness (QED) is 0.162. The third kappa shape index (κ3) is 5.59. The topological polar surface area (TPSA) is 47.3 Å². The number of hydrogen-bond acceptors (Lipinski definition) is 4. The number of anilines is 3. The van der Waals surface area contributed by atoms with Crippen molar-refractivity contribution < 1.29 is 8.83 Å². The molecule has 3 aromatic heterocycles. The van der Waals surface area contributed by atoms with Crippen LogP contribution in [0.5, 0.6) is 0 Å². The normalized spacial score (nSPS) is 11.7. The lowest BCUT2D eigenvalue weighted by molar-refractivity contribution is 0.617. The molecule has 0 saturated heterocycles. The first kappa shape index (κ1) is 33.9. The molecular formula is C55H35N3O2. The molecule has 0 fully saturated rings. The molecule has 5 nitrogen and oxygen atoms in total. The Bertz CT molecular complexity index is 3530. The van der Waals surface area contributed by atoms with Gasteiger partial charge >= 0.3 is 0 Å². The van der Waals surface area contributed by atoms with E-state index >= 15 is 0 Å². The number of aromatic nitrogens is 2. The summed E-state index contributed by atoms with van der Waals surface area (Å²) >= 11 is 0. The first-order chi connectivity index (χ1) is 29.7. The van der Waals surface area contributed by atoms with Crippen LogP contribution >= 0.6 is 0 Å². The Morgan fingerprint density at radius 2 is 1.02 bits per heavy atom. The van der Waals surface area contributed by atoms with Crippen LogP contribution in [0.2, 0.25) is 0 Å². The van der Waals surface area contributed by atoms with E-state index in [0.717, 1.165) is 78.0 Å². The highest BCUT2D eigenvalue weighted by Gasteiger charge is 2.22. The van der Waals surface area contributed by atoms with Crippen molar-refractivity contribution in [3.63, 3.8) is 0 Å². The maximum Gasteiger partial charge on any atom is 0.227 e. The Morgan fingerprint density at radius 1 is 0.383 bits per heavy atom. The minimum absolute atomic E-state index is 0.599. The molecule has 60 heavy (non-hydrogen) atoms. The van der Waals surface area contributed by atoms with Gasteiger partial charge in [0.15, 0.2) is 5.58 Å². The number of fused-ring (bicyclic) bond motifs is 7. The fourth-order valence-corrected chi connectivity index (χ4v) is 8.79. The van der Waals surface area contributed by atoms with Crippen molar-refractivity contribution in [1.82, 2.24) is 9.55 Å². The minimum Gasteiger partial charge on any atom is -0.456 e. The molecule has 0 saturated carbocycles. The Hall–Kier alpha value is -8.15. The van der Waals surface area contributed by atoms with Crippen LogP contribution in [0.4, 0.5) is 17.1 Å². The largest absolute Gasteiger partial charge is 0.456 e. The number of para-hydroxylation sites is 3. The summed E-state index contributed by atoms with van der Waals surface area (Å²) in [6.45, 7) is 0. The van der Waals surface area contributed by atoms with E-state index in [4.69, 9.17) is 13.8 Å². The molecule has 0 radical (unpaired) electrons. The molecule has 3 heterocycles. The molecule has 0 spiro atoms. The number of rotatable bonds is 7. The van der Waals surface area contributed by atoms with Crippen molar-refractivity contribution in [2.75, 3.05) is 4.90 Å². The minimum atomic E-state index is 0.599. The van der Waals surface area contributed by atoms with E-state index in [2.05, 4.69) is 185 Å². The van der Waals surface area contributed by atoms with E-state index in [0.29, 0.717) is 11.5 Å². The van der Waals surface area contributed by atoms with Gasteiger partial charge in [0.2, 0.25) is 5.89 Å². The summed E-state index contributed by atoms with van der Waals surface area (Å²) in [6.07, 6.45) is 0. The van der Waals surface area contributed by atoms with Gasteiger partial charge in [-0.15, -0.1) is 0 Å². The summed E-state index contributed by atoms with van der Waals surface area (Å²) in [5, 5.41) is 4.47. The van der Waals surface area contributed by atoms with Crippen LogP contribution in [0, 0.1) is 0 Å². The fourth-order valence-electron chi connectivity index (χ4n) is 8.79. The first-order valence-electron chi connectivity index (χ1n) is 20.2. The molecule has 0 aliphatic heterocycles. The predicted octanol–water partition coefficient (Wildman–Crippen LogP) is 15.3. The molecule has 0 amide bonds. The molecule has 282 valence electrons. The van der Waals surface area contributed by atoms with Crippen molar-refractivity contribution in [2.45, 2.75) is 0 Å². The fraction of sp³-hybridized carbons (Fsp3) is 0. The number of benzene rings is 9. The Morgan fingerprint density at radius 3 is 1.83 bits per heavy atom. The molecule has 0 N–H and O–H groups in total. The molecule has 0 aliphatic carbocycles. The van der Waals surface area contributed by atoms with Crippen molar-refractivity contribution in [3.05, 3.63) is 212 Å². The molecule has 0 atom stereocenters. The lowest BCUT2D eigenvalue weighted by atomic mass is 10.0. The highest BCUT2D eigenvalue weighted by molar-refractivity contribution is 6.14. The zero-order valence-corrected chi connectivity index (χ0v) is 32.4. The summed E-state index contributed by atoms with van der Waals surface area (Å²) in [5.74, 6) is 0.599. The number of nitrogens with zero attached hydrogens (tertiary/aromatic N) is 3. The summed E-state index contributed by atoms with van der Waals surface area (Å²) in [4.78, 5) is 7.24. The smallest absolute Gasteiger partial charge is 0.227 e. The Labute approximate surface area is 345 Å². The van der Waals surface area contributed by atoms with E-state index in [9.17, 15) is 0 Å². The molecule has 5 heteroatoms. The van der Waals surface area contributed by atoms with Crippen molar-refractivity contribution in [1.29, 1.82) is 0 Å². The third-order valence-electron chi connectivity index (χ3n) is 11.6. The van der Waals surface area contributed by atoms with Gasteiger partial charge in [-0.2, -0.15) is 0 Å². The maximum absolute atomic E-state index is 6.36. The average Bonchev–Trinajstić information content (AvgIpc) is 4.01. The van der Waals surface area contributed by atoms with Crippen molar-refractivity contribution in [2.24, 2.45) is 0 Å². The van der Waals surface area contributed by atoms with E-state index in [-0.39, 0.29) is 0 Å². The molecular weight excluding hydrogens is 735 g/mol. The van der Waals surface area contributed by atoms with E-state index in [1.807, 2.05) is 36.4 Å². The second kappa shape index (κ2) is 13.8. The van der Waals surface area contributed by atoms with Crippen LogP contribution in [0.15, 0.2) is 221 Å². The molecule has 9 aromatic carbocycles. The second-order valence-corrected chi connectivity index (χ2v) is 15.2. The average molecular weight is 770 g/mol. The summed E-state index contributed by atoms with van der Waals surface area (Å²) in [6, 6.07) is 74.9. The van der Waals surface area contributed by atoms with Gasteiger partial charge in [-0.3, -0.25) is 0 Å². The summed E-state index contributed by atoms with van der Waals surface area (Å²) < 4.78 is 14.9. The Kier molecular flexibility index (Phi) is 7.78. The second-order valence-electron chi connectivity index (χ2n) is 15.2. The van der Waals surface area contributed by atoms with Gasteiger partial charge in [-0.25, -0.2) is 4.98 Å². The zero-order valence-electron chi connectivity index (χ0n) is 32.4. The third-order valence-corrected chi connectivity index (χ3v) is 11.6. The van der Waals surface area contributed by atoms with Gasteiger partial charge in [-0.1, -0.05) is 127 Å². The molecule has 12 aromatic rings. The maximum atomic E-state index is 6.36.